The molecular formula is C12H16O6. The lowest BCUT2D eigenvalue weighted by atomic mass is 9.90. The molecule has 100 valence electrons. The Morgan fingerprint density at radius 3 is 2.56 bits per heavy atom. The second-order valence-electron chi connectivity index (χ2n) is 4.12. The quantitative estimate of drug-likeness (QED) is 0.722. The van der Waals surface area contributed by atoms with E-state index >= 15 is 0 Å². The molecule has 1 aromatic rings. The van der Waals surface area contributed by atoms with Crippen molar-refractivity contribution in [3.05, 3.63) is 17.7 Å². The van der Waals surface area contributed by atoms with Crippen molar-refractivity contribution in [2.24, 2.45) is 0 Å². The van der Waals surface area contributed by atoms with Gasteiger partial charge in [-0.1, -0.05) is 0 Å². The van der Waals surface area contributed by atoms with E-state index in [1.165, 1.54) is 26.4 Å². The highest BCUT2D eigenvalue weighted by Crippen LogP contribution is 2.46. The maximum atomic E-state index is 10.4. The van der Waals surface area contributed by atoms with E-state index < -0.39 is 11.9 Å². The Morgan fingerprint density at radius 1 is 1.33 bits per heavy atom. The maximum Gasteiger partial charge on any atom is 0.188 e. The molecule has 3 N–H and O–H groups in total. The van der Waals surface area contributed by atoms with Crippen LogP contribution in [0.3, 0.4) is 0 Å². The zero-order valence-electron chi connectivity index (χ0n) is 10.2. The van der Waals surface area contributed by atoms with Crippen molar-refractivity contribution < 1.29 is 29.5 Å². The lowest BCUT2D eigenvalue weighted by Crippen LogP contribution is -2.35. The van der Waals surface area contributed by atoms with Gasteiger partial charge in [0.05, 0.1) is 26.4 Å². The molecule has 1 aromatic carbocycles. The van der Waals surface area contributed by atoms with Gasteiger partial charge in [-0.05, 0) is 0 Å². The molecular weight excluding hydrogens is 240 g/mol. The molecule has 0 aliphatic carbocycles. The second-order valence-corrected chi connectivity index (χ2v) is 4.12. The van der Waals surface area contributed by atoms with Gasteiger partial charge in [-0.2, -0.15) is 0 Å². The van der Waals surface area contributed by atoms with E-state index in [4.69, 9.17) is 14.2 Å². The van der Waals surface area contributed by atoms with Gasteiger partial charge < -0.3 is 29.5 Å². The van der Waals surface area contributed by atoms with Crippen LogP contribution in [-0.4, -0.2) is 42.4 Å². The third kappa shape index (κ3) is 1.88. The Labute approximate surface area is 104 Å². The molecule has 6 heteroatoms. The summed E-state index contributed by atoms with van der Waals surface area (Å²) >= 11 is 0. The summed E-state index contributed by atoms with van der Waals surface area (Å²) in [6, 6.07) is 2.87. The predicted octanol–water partition coefficient (Wildman–Crippen LogP) is 0.336. The number of aliphatic hydroxyl groups excluding tert-OH is 1. The van der Waals surface area contributed by atoms with E-state index in [9.17, 15) is 15.3 Å². The van der Waals surface area contributed by atoms with E-state index in [1.807, 2.05) is 0 Å². The largest absolute Gasteiger partial charge is 0.507 e. The fourth-order valence-corrected chi connectivity index (χ4v) is 2.13. The number of phenols is 1. The van der Waals surface area contributed by atoms with Gasteiger partial charge in [0.15, 0.2) is 6.29 Å². The summed E-state index contributed by atoms with van der Waals surface area (Å²) in [5, 5.41) is 30.1. The smallest absolute Gasteiger partial charge is 0.188 e. The summed E-state index contributed by atoms with van der Waals surface area (Å²) in [6.45, 7) is 0.201. The number of hydrogen-bond donors (Lipinski definition) is 3. The summed E-state index contributed by atoms with van der Waals surface area (Å²) in [7, 11) is 2.86. The average molecular weight is 256 g/mol. The van der Waals surface area contributed by atoms with Crippen LogP contribution in [0.1, 0.15) is 12.0 Å². The molecule has 1 heterocycles. The molecule has 1 aliphatic rings. The molecule has 0 radical (unpaired) electrons. The first-order valence-electron chi connectivity index (χ1n) is 5.50. The second kappa shape index (κ2) is 4.64. The number of aromatic hydroxyl groups is 1. The fourth-order valence-electron chi connectivity index (χ4n) is 2.13. The Bertz CT molecular complexity index is 446. The lowest BCUT2D eigenvalue weighted by molar-refractivity contribution is -0.163. The minimum atomic E-state index is -1.68. The molecule has 2 atom stereocenters. The molecule has 1 saturated heterocycles. The molecule has 0 amide bonds. The molecule has 0 aromatic heterocycles. The first kappa shape index (κ1) is 12.9. The summed E-state index contributed by atoms with van der Waals surface area (Å²) in [5.74, 6) is 0.419. The molecule has 1 fully saturated rings. The SMILES string of the molecule is COc1cc(O)c(C2(O)CCO[C@H]2O)c(OC)c1. The summed E-state index contributed by atoms with van der Waals surface area (Å²) in [5.41, 5.74) is -1.57. The van der Waals surface area contributed by atoms with E-state index in [2.05, 4.69) is 0 Å². The van der Waals surface area contributed by atoms with Crippen LogP contribution in [-0.2, 0) is 10.3 Å². The molecule has 0 bridgehead atoms. The summed E-state index contributed by atoms with van der Waals surface area (Å²) < 4.78 is 15.1. The third-order valence-corrected chi connectivity index (χ3v) is 3.11. The van der Waals surface area contributed by atoms with Crippen LogP contribution in [0, 0.1) is 0 Å². The third-order valence-electron chi connectivity index (χ3n) is 3.11. The number of rotatable bonds is 3. The maximum absolute atomic E-state index is 10.4. The van der Waals surface area contributed by atoms with Gasteiger partial charge in [0.2, 0.25) is 0 Å². The minimum Gasteiger partial charge on any atom is -0.507 e. The monoisotopic (exact) mass is 256 g/mol. The predicted molar refractivity (Wildman–Crippen MR) is 61.7 cm³/mol. The van der Waals surface area contributed by atoms with Crippen LogP contribution >= 0.6 is 0 Å². The minimum absolute atomic E-state index is 0.107. The van der Waals surface area contributed by atoms with Crippen molar-refractivity contribution in [2.75, 3.05) is 20.8 Å². The topological polar surface area (TPSA) is 88.4 Å². The first-order chi connectivity index (χ1) is 8.52. The Morgan fingerprint density at radius 2 is 2.06 bits per heavy atom. The van der Waals surface area contributed by atoms with Crippen molar-refractivity contribution in [2.45, 2.75) is 18.3 Å². The molecule has 1 unspecified atom stereocenters. The fraction of sp³-hybridized carbons (Fsp3) is 0.500. The van der Waals surface area contributed by atoms with E-state index in [0.717, 1.165) is 0 Å². The van der Waals surface area contributed by atoms with Gasteiger partial charge in [-0.3, -0.25) is 0 Å². The van der Waals surface area contributed by atoms with Crippen molar-refractivity contribution in [3.8, 4) is 17.2 Å². The molecule has 18 heavy (non-hydrogen) atoms. The van der Waals surface area contributed by atoms with Crippen LogP contribution in [0.15, 0.2) is 12.1 Å². The number of methoxy groups -OCH3 is 2. The summed E-state index contributed by atoms with van der Waals surface area (Å²) in [6.07, 6.45) is -1.23. The van der Waals surface area contributed by atoms with Gasteiger partial charge in [0.1, 0.15) is 22.8 Å². The van der Waals surface area contributed by atoms with Crippen molar-refractivity contribution in [1.29, 1.82) is 0 Å². The van der Waals surface area contributed by atoms with Crippen molar-refractivity contribution in [3.63, 3.8) is 0 Å². The summed E-state index contributed by atoms with van der Waals surface area (Å²) in [4.78, 5) is 0. The van der Waals surface area contributed by atoms with E-state index in [-0.39, 0.29) is 30.1 Å². The Kier molecular flexibility index (Phi) is 3.34. The Hall–Kier alpha value is -1.50. The van der Waals surface area contributed by atoms with Gasteiger partial charge in [-0.25, -0.2) is 0 Å². The number of benzene rings is 1. The number of hydrogen-bond acceptors (Lipinski definition) is 6. The lowest BCUT2D eigenvalue weighted by Gasteiger charge is -2.27. The van der Waals surface area contributed by atoms with Crippen LogP contribution in [0.2, 0.25) is 0 Å². The first-order valence-corrected chi connectivity index (χ1v) is 5.50. The van der Waals surface area contributed by atoms with E-state index in [1.54, 1.807) is 0 Å². The standard InChI is InChI=1S/C12H16O6/c1-16-7-5-8(13)10(9(6-7)17-2)12(15)3-4-18-11(12)14/h5-6,11,13-15H,3-4H2,1-2H3/t11-,12?/m1/s1. The highest BCUT2D eigenvalue weighted by molar-refractivity contribution is 5.53. The normalized spacial score (nSPS) is 27.2. The van der Waals surface area contributed by atoms with Crippen molar-refractivity contribution in [1.82, 2.24) is 0 Å². The van der Waals surface area contributed by atoms with Gasteiger partial charge in [-0.15, -0.1) is 0 Å². The molecule has 0 saturated carbocycles. The van der Waals surface area contributed by atoms with Gasteiger partial charge in [0, 0.05) is 18.6 Å². The molecule has 1 aliphatic heterocycles. The van der Waals surface area contributed by atoms with Crippen LogP contribution in [0.25, 0.3) is 0 Å². The van der Waals surface area contributed by atoms with Crippen molar-refractivity contribution >= 4 is 0 Å². The highest BCUT2D eigenvalue weighted by Gasteiger charge is 2.47. The molecule has 6 nitrogen and oxygen atoms in total. The number of phenolic OH excluding ortho intramolecular Hbond substituents is 1. The average Bonchev–Trinajstić information content (AvgIpc) is 2.69. The Balaban J connectivity index is 2.56. The van der Waals surface area contributed by atoms with Gasteiger partial charge in [0.25, 0.3) is 0 Å². The molecule has 0 spiro atoms. The zero-order chi connectivity index (χ0) is 13.3. The van der Waals surface area contributed by atoms with Gasteiger partial charge >= 0.3 is 0 Å². The number of aliphatic hydroxyl groups is 2. The zero-order valence-corrected chi connectivity index (χ0v) is 10.2. The van der Waals surface area contributed by atoms with E-state index in [0.29, 0.717) is 5.75 Å². The number of ether oxygens (including phenoxy) is 3. The van der Waals surface area contributed by atoms with Crippen LogP contribution in [0.5, 0.6) is 17.2 Å². The highest BCUT2D eigenvalue weighted by atomic mass is 16.6. The van der Waals surface area contributed by atoms with Crippen LogP contribution in [0.4, 0.5) is 0 Å². The van der Waals surface area contributed by atoms with Crippen LogP contribution < -0.4 is 9.47 Å². The molecule has 2 rings (SSSR count).